The molecule has 0 aliphatic carbocycles. The Bertz CT molecular complexity index is 132. The molecule has 0 unspecified atom stereocenters. The van der Waals surface area contributed by atoms with Gasteiger partial charge in [-0.05, 0) is 30.6 Å². The van der Waals surface area contributed by atoms with E-state index in [0.717, 1.165) is 18.3 Å². The smallest absolute Gasteiger partial charge is 0.0624 e. The summed E-state index contributed by atoms with van der Waals surface area (Å²) in [5.74, 6) is 2.07. The van der Waals surface area contributed by atoms with E-state index in [2.05, 4.69) is 33.8 Å². The van der Waals surface area contributed by atoms with Crippen LogP contribution in [0.1, 0.15) is 47.0 Å². The van der Waals surface area contributed by atoms with Gasteiger partial charge < -0.3 is 0 Å². The SMILES string of the molecule is CC(C)CC(CC#N)CC(C)C. The van der Waals surface area contributed by atoms with Gasteiger partial charge in [0.15, 0.2) is 0 Å². The molecule has 0 bridgehead atoms. The minimum atomic E-state index is 0.620. The summed E-state index contributed by atoms with van der Waals surface area (Å²) >= 11 is 0. The number of hydrogen-bond acceptors (Lipinski definition) is 1. The molecule has 1 heteroatoms. The predicted octanol–water partition coefficient (Wildman–Crippen LogP) is 3.61. The maximum atomic E-state index is 8.61. The van der Waals surface area contributed by atoms with Crippen LogP contribution in [-0.4, -0.2) is 0 Å². The van der Waals surface area contributed by atoms with Crippen LogP contribution in [0.4, 0.5) is 0 Å². The van der Waals surface area contributed by atoms with Gasteiger partial charge in [-0.2, -0.15) is 5.26 Å². The summed E-state index contributed by atoms with van der Waals surface area (Å²) in [7, 11) is 0. The second-order valence-electron chi connectivity index (χ2n) is 4.49. The molecule has 0 radical (unpaired) electrons. The Morgan fingerprint density at radius 2 is 1.42 bits per heavy atom. The average Bonchev–Trinajstić information content (AvgIpc) is 1.84. The van der Waals surface area contributed by atoms with E-state index in [1.165, 1.54) is 12.8 Å². The molecule has 0 aromatic carbocycles. The molecular weight excluding hydrogens is 146 g/mol. The highest BCUT2D eigenvalue weighted by atomic mass is 14.3. The highest BCUT2D eigenvalue weighted by molar-refractivity contribution is 4.77. The fraction of sp³-hybridized carbons (Fsp3) is 0.909. The van der Waals surface area contributed by atoms with Gasteiger partial charge in [-0.15, -0.1) is 0 Å². The van der Waals surface area contributed by atoms with Crippen molar-refractivity contribution in [3.8, 4) is 6.07 Å². The number of nitriles is 1. The third-order valence-corrected chi connectivity index (χ3v) is 1.99. The molecule has 1 nitrogen and oxygen atoms in total. The van der Waals surface area contributed by atoms with Crippen molar-refractivity contribution in [2.45, 2.75) is 47.0 Å². The standard InChI is InChI=1S/C11H21N/c1-9(2)7-11(5-6-12)8-10(3)4/h9-11H,5,7-8H2,1-4H3. The predicted molar refractivity (Wildman–Crippen MR) is 52.6 cm³/mol. The molecule has 0 spiro atoms. The minimum Gasteiger partial charge on any atom is -0.198 e. The topological polar surface area (TPSA) is 23.8 Å². The Morgan fingerprint density at radius 1 is 1.00 bits per heavy atom. The van der Waals surface area contributed by atoms with E-state index in [1.807, 2.05) is 0 Å². The van der Waals surface area contributed by atoms with Crippen molar-refractivity contribution in [1.29, 1.82) is 5.26 Å². The lowest BCUT2D eigenvalue weighted by Gasteiger charge is -2.17. The van der Waals surface area contributed by atoms with Gasteiger partial charge in [0.2, 0.25) is 0 Å². The lowest BCUT2D eigenvalue weighted by Crippen LogP contribution is -2.07. The Kier molecular flexibility index (Phi) is 5.80. The Balaban J connectivity index is 3.79. The monoisotopic (exact) mass is 167 g/mol. The zero-order valence-corrected chi connectivity index (χ0v) is 8.80. The summed E-state index contributed by atoms with van der Waals surface area (Å²) in [5, 5.41) is 8.61. The summed E-state index contributed by atoms with van der Waals surface area (Å²) in [4.78, 5) is 0. The molecule has 12 heavy (non-hydrogen) atoms. The molecule has 70 valence electrons. The maximum Gasteiger partial charge on any atom is 0.0624 e. The molecule has 0 aliphatic heterocycles. The van der Waals surface area contributed by atoms with Gasteiger partial charge in [-0.1, -0.05) is 27.7 Å². The molecule has 0 N–H and O–H groups in total. The lowest BCUT2D eigenvalue weighted by atomic mass is 9.87. The van der Waals surface area contributed by atoms with Crippen molar-refractivity contribution in [3.63, 3.8) is 0 Å². The molecule has 0 fully saturated rings. The van der Waals surface area contributed by atoms with Crippen molar-refractivity contribution >= 4 is 0 Å². The molecule has 0 rings (SSSR count). The van der Waals surface area contributed by atoms with Gasteiger partial charge in [-0.25, -0.2) is 0 Å². The fourth-order valence-electron chi connectivity index (χ4n) is 1.73. The van der Waals surface area contributed by atoms with Crippen LogP contribution in [0.2, 0.25) is 0 Å². The number of hydrogen-bond donors (Lipinski definition) is 0. The first-order valence-electron chi connectivity index (χ1n) is 4.93. The zero-order chi connectivity index (χ0) is 9.56. The van der Waals surface area contributed by atoms with Crippen LogP contribution in [0.25, 0.3) is 0 Å². The second-order valence-corrected chi connectivity index (χ2v) is 4.49. The van der Waals surface area contributed by atoms with Crippen LogP contribution in [0, 0.1) is 29.1 Å². The van der Waals surface area contributed by atoms with Crippen LogP contribution < -0.4 is 0 Å². The van der Waals surface area contributed by atoms with Gasteiger partial charge in [0.1, 0.15) is 0 Å². The van der Waals surface area contributed by atoms with Gasteiger partial charge in [0.05, 0.1) is 6.07 Å². The van der Waals surface area contributed by atoms with E-state index in [0.29, 0.717) is 5.92 Å². The van der Waals surface area contributed by atoms with Gasteiger partial charge in [0.25, 0.3) is 0 Å². The van der Waals surface area contributed by atoms with E-state index in [-0.39, 0.29) is 0 Å². The van der Waals surface area contributed by atoms with Crippen LogP contribution in [0.3, 0.4) is 0 Å². The Morgan fingerprint density at radius 3 is 1.67 bits per heavy atom. The summed E-state index contributed by atoms with van der Waals surface area (Å²) < 4.78 is 0. The molecule has 0 atom stereocenters. The van der Waals surface area contributed by atoms with E-state index >= 15 is 0 Å². The molecule has 0 heterocycles. The summed E-state index contributed by atoms with van der Waals surface area (Å²) in [6.45, 7) is 8.91. The Labute approximate surface area is 76.8 Å². The van der Waals surface area contributed by atoms with Crippen molar-refractivity contribution in [2.24, 2.45) is 17.8 Å². The van der Waals surface area contributed by atoms with Gasteiger partial charge in [0, 0.05) is 6.42 Å². The summed E-state index contributed by atoms with van der Waals surface area (Å²) in [5.41, 5.74) is 0. The number of nitrogens with zero attached hydrogens (tertiary/aromatic N) is 1. The number of rotatable bonds is 5. The second kappa shape index (κ2) is 6.06. The lowest BCUT2D eigenvalue weighted by molar-refractivity contribution is 0.348. The third-order valence-electron chi connectivity index (χ3n) is 1.99. The van der Waals surface area contributed by atoms with E-state index in [1.54, 1.807) is 0 Å². The maximum absolute atomic E-state index is 8.61. The Hall–Kier alpha value is -0.510. The van der Waals surface area contributed by atoms with Crippen LogP contribution >= 0.6 is 0 Å². The van der Waals surface area contributed by atoms with Crippen LogP contribution in [-0.2, 0) is 0 Å². The van der Waals surface area contributed by atoms with Crippen molar-refractivity contribution in [1.82, 2.24) is 0 Å². The third kappa shape index (κ3) is 6.22. The normalized spacial score (nSPS) is 11.2. The molecule has 0 aromatic rings. The first-order valence-corrected chi connectivity index (χ1v) is 4.93. The summed E-state index contributed by atoms with van der Waals surface area (Å²) in [6.07, 6.45) is 3.13. The summed E-state index contributed by atoms with van der Waals surface area (Å²) in [6, 6.07) is 2.28. The minimum absolute atomic E-state index is 0.620. The van der Waals surface area contributed by atoms with Crippen molar-refractivity contribution in [3.05, 3.63) is 0 Å². The molecular formula is C11H21N. The molecule has 0 saturated heterocycles. The molecule has 0 aromatic heterocycles. The molecule has 0 aliphatic rings. The van der Waals surface area contributed by atoms with Gasteiger partial charge >= 0.3 is 0 Å². The van der Waals surface area contributed by atoms with Gasteiger partial charge in [-0.3, -0.25) is 0 Å². The first kappa shape index (κ1) is 11.5. The van der Waals surface area contributed by atoms with Crippen LogP contribution in [0.15, 0.2) is 0 Å². The zero-order valence-electron chi connectivity index (χ0n) is 8.80. The van der Waals surface area contributed by atoms with E-state index in [4.69, 9.17) is 5.26 Å². The van der Waals surface area contributed by atoms with Crippen molar-refractivity contribution in [2.75, 3.05) is 0 Å². The molecule has 0 saturated carbocycles. The first-order chi connectivity index (χ1) is 5.56. The van der Waals surface area contributed by atoms with Crippen LogP contribution in [0.5, 0.6) is 0 Å². The van der Waals surface area contributed by atoms with Crippen molar-refractivity contribution < 1.29 is 0 Å². The largest absolute Gasteiger partial charge is 0.198 e. The highest BCUT2D eigenvalue weighted by Gasteiger charge is 2.11. The highest BCUT2D eigenvalue weighted by Crippen LogP contribution is 2.22. The van der Waals surface area contributed by atoms with E-state index < -0.39 is 0 Å². The average molecular weight is 167 g/mol. The quantitative estimate of drug-likeness (QED) is 0.613. The van der Waals surface area contributed by atoms with E-state index in [9.17, 15) is 0 Å². The fourth-order valence-corrected chi connectivity index (χ4v) is 1.73. The molecule has 0 amide bonds.